The van der Waals surface area contributed by atoms with Crippen LogP contribution < -0.4 is 15.4 Å². The van der Waals surface area contributed by atoms with Crippen LogP contribution in [0.15, 0.2) is 97.6 Å². The maximum absolute atomic E-state index is 13.5. The molecule has 3 heterocycles. The van der Waals surface area contributed by atoms with Crippen molar-refractivity contribution in [2.75, 3.05) is 17.7 Å². The molecule has 1 saturated carbocycles. The molecule has 8 rings (SSSR count). The number of rotatable bonds is 5. The fourth-order valence-corrected chi connectivity index (χ4v) is 8.33. The number of alkyl halides is 3. The average molecular weight is 711 g/mol. The highest BCUT2D eigenvalue weighted by Crippen LogP contribution is 2.54. The number of fused-ring (bicyclic) bond motifs is 2. The van der Waals surface area contributed by atoms with Crippen LogP contribution >= 0.6 is 0 Å². The Kier molecular flexibility index (Phi) is 8.72. The quantitative estimate of drug-likeness (QED) is 0.147. The van der Waals surface area contributed by atoms with Crippen molar-refractivity contribution in [2.24, 2.45) is 5.92 Å². The van der Waals surface area contributed by atoms with Gasteiger partial charge in [-0.2, -0.15) is 13.2 Å². The molecule has 5 aromatic rings. The van der Waals surface area contributed by atoms with E-state index in [1.807, 2.05) is 31.2 Å². The Morgan fingerprint density at radius 2 is 1.44 bits per heavy atom. The van der Waals surface area contributed by atoms with Gasteiger partial charge in [-0.25, -0.2) is 4.98 Å². The van der Waals surface area contributed by atoms with Gasteiger partial charge in [-0.3, -0.25) is 9.59 Å². The van der Waals surface area contributed by atoms with E-state index in [-0.39, 0.29) is 34.6 Å². The number of benzene rings is 4. The number of nitrogens with zero attached hydrogens (tertiary/aromatic N) is 2. The Hall–Kier alpha value is -5.78. The lowest BCUT2D eigenvalue weighted by Gasteiger charge is -2.39. The van der Waals surface area contributed by atoms with Gasteiger partial charge in [0.15, 0.2) is 5.54 Å². The first-order chi connectivity index (χ1) is 24.9. The summed E-state index contributed by atoms with van der Waals surface area (Å²) in [5.41, 5.74) is 0.992. The van der Waals surface area contributed by atoms with E-state index < -0.39 is 28.6 Å². The predicted molar refractivity (Wildman–Crippen MR) is 188 cm³/mol. The number of methoxy groups -OCH3 is 1. The van der Waals surface area contributed by atoms with E-state index in [1.165, 1.54) is 66.1 Å². The van der Waals surface area contributed by atoms with Gasteiger partial charge in [0.2, 0.25) is 5.91 Å². The number of para-hydroxylation sites is 1. The van der Waals surface area contributed by atoms with Crippen molar-refractivity contribution < 1.29 is 37.7 Å². The van der Waals surface area contributed by atoms with Crippen LogP contribution in [0.5, 0.6) is 17.2 Å². The van der Waals surface area contributed by atoms with Crippen molar-refractivity contribution >= 4 is 23.2 Å². The van der Waals surface area contributed by atoms with Gasteiger partial charge in [-0.15, -0.1) is 0 Å². The molecule has 0 spiro atoms. The van der Waals surface area contributed by atoms with Crippen LogP contribution in [0.25, 0.3) is 0 Å². The highest BCUT2D eigenvalue weighted by Gasteiger charge is 2.55. The van der Waals surface area contributed by atoms with Crippen LogP contribution in [0, 0.1) is 12.8 Å². The standard InChI is InChI=1S/C22H25NO3.C18H12F3N3O2/c1-14-19(26-2)13-12-18-20(14)23-21(25)22(18,15-6-4-3-5-7-15)16-8-10-17(24)11-9-16;19-18(20,21)14-3-1-2-13-15(14)23-16(26)17(13,24-9-8-22-10-24)11-4-6-12(25)7-5-11/h8-13,15,24H,3-7H2,1-2H3,(H,23,25);1-10,25H,(H,23,26). The number of phenolic OH excluding ortho intramolecular Hbond substituents is 2. The van der Waals surface area contributed by atoms with Crippen molar-refractivity contribution in [2.45, 2.75) is 56.2 Å². The Labute approximate surface area is 298 Å². The molecule has 4 aromatic carbocycles. The maximum atomic E-state index is 13.5. The molecule has 1 aromatic heterocycles. The molecule has 2 amide bonds. The number of amides is 2. The molecule has 52 heavy (non-hydrogen) atoms. The zero-order valence-electron chi connectivity index (χ0n) is 28.5. The Balaban J connectivity index is 0.000000162. The summed E-state index contributed by atoms with van der Waals surface area (Å²) in [4.78, 5) is 30.4. The number of aromatic nitrogens is 2. The largest absolute Gasteiger partial charge is 0.508 e. The normalized spacial score (nSPS) is 21.0. The van der Waals surface area contributed by atoms with Crippen molar-refractivity contribution in [3.05, 3.63) is 131 Å². The first kappa shape index (κ1) is 34.7. The minimum Gasteiger partial charge on any atom is -0.508 e. The summed E-state index contributed by atoms with van der Waals surface area (Å²) in [6, 6.07) is 20.6. The second-order valence-electron chi connectivity index (χ2n) is 13.4. The summed E-state index contributed by atoms with van der Waals surface area (Å²) >= 11 is 0. The lowest BCUT2D eigenvalue weighted by Crippen LogP contribution is -2.43. The van der Waals surface area contributed by atoms with Crippen LogP contribution in [-0.4, -0.2) is 38.7 Å². The molecule has 3 aliphatic rings. The number of aromatic hydroxyl groups is 2. The second kappa shape index (κ2) is 13.1. The summed E-state index contributed by atoms with van der Waals surface area (Å²) in [5.74, 6) is 0.660. The molecule has 2 atom stereocenters. The van der Waals surface area contributed by atoms with E-state index in [0.717, 1.165) is 59.9 Å². The molecule has 9 nitrogen and oxygen atoms in total. The number of imidazole rings is 1. The first-order valence-corrected chi connectivity index (χ1v) is 17.0. The molecular formula is C40H37F3N4O5. The molecule has 0 saturated heterocycles. The van der Waals surface area contributed by atoms with Gasteiger partial charge in [0.1, 0.15) is 22.7 Å². The summed E-state index contributed by atoms with van der Waals surface area (Å²) in [7, 11) is 1.65. The van der Waals surface area contributed by atoms with E-state index in [0.29, 0.717) is 5.56 Å². The molecule has 0 radical (unpaired) electrons. The number of carbonyl (C=O) groups excluding carboxylic acids is 2. The lowest BCUT2D eigenvalue weighted by atomic mass is 9.62. The summed E-state index contributed by atoms with van der Waals surface area (Å²) in [6.07, 6.45) is 5.35. The van der Waals surface area contributed by atoms with Gasteiger partial charge in [0.25, 0.3) is 5.91 Å². The number of halogens is 3. The fourth-order valence-electron chi connectivity index (χ4n) is 8.33. The second-order valence-corrected chi connectivity index (χ2v) is 13.4. The molecule has 2 unspecified atom stereocenters. The van der Waals surface area contributed by atoms with Crippen LogP contribution in [-0.2, 0) is 26.7 Å². The van der Waals surface area contributed by atoms with E-state index in [1.54, 1.807) is 19.2 Å². The summed E-state index contributed by atoms with van der Waals surface area (Å²) < 4.78 is 47.2. The number of ether oxygens (including phenoxy) is 1. The van der Waals surface area contributed by atoms with Gasteiger partial charge >= 0.3 is 6.18 Å². The Morgan fingerprint density at radius 1 is 0.808 bits per heavy atom. The monoisotopic (exact) mass is 710 g/mol. The molecule has 4 N–H and O–H groups in total. The number of nitrogens with one attached hydrogen (secondary N) is 2. The average Bonchev–Trinajstić information content (AvgIpc) is 3.85. The van der Waals surface area contributed by atoms with Crippen molar-refractivity contribution in [1.82, 2.24) is 9.55 Å². The van der Waals surface area contributed by atoms with Gasteiger partial charge in [-0.1, -0.05) is 61.7 Å². The maximum Gasteiger partial charge on any atom is 0.418 e. The summed E-state index contributed by atoms with van der Waals surface area (Å²) in [5, 5.41) is 24.9. The molecule has 268 valence electrons. The van der Waals surface area contributed by atoms with Crippen LogP contribution in [0.2, 0.25) is 0 Å². The van der Waals surface area contributed by atoms with Crippen LogP contribution in [0.4, 0.5) is 24.5 Å². The Morgan fingerprint density at radius 3 is 2.04 bits per heavy atom. The van der Waals surface area contributed by atoms with E-state index in [9.17, 15) is 33.0 Å². The van der Waals surface area contributed by atoms with Gasteiger partial charge in [-0.05, 0) is 78.8 Å². The molecule has 12 heteroatoms. The predicted octanol–water partition coefficient (Wildman–Crippen LogP) is 7.88. The first-order valence-electron chi connectivity index (χ1n) is 17.0. The Bertz CT molecular complexity index is 2130. The molecular weight excluding hydrogens is 673 g/mol. The van der Waals surface area contributed by atoms with Crippen molar-refractivity contribution in [3.8, 4) is 17.2 Å². The third kappa shape index (κ3) is 5.35. The molecule has 1 fully saturated rings. The highest BCUT2D eigenvalue weighted by atomic mass is 19.4. The third-order valence-electron chi connectivity index (χ3n) is 10.7. The SMILES string of the molecule is COc1ccc2c(c1C)NC(=O)C2(c1ccc(O)cc1)C1CCCCC1.O=C1Nc2c(C(F)(F)F)cccc2C1(c1ccc(O)cc1)n1ccnc1. The third-order valence-corrected chi connectivity index (χ3v) is 10.7. The molecule has 0 bridgehead atoms. The number of hydrogen-bond donors (Lipinski definition) is 4. The fraction of sp³-hybridized carbons (Fsp3) is 0.275. The topological polar surface area (TPSA) is 126 Å². The number of carbonyl (C=O) groups is 2. The van der Waals surface area contributed by atoms with E-state index in [2.05, 4.69) is 15.6 Å². The minimum absolute atomic E-state index is 0.0165. The number of hydrogen-bond acceptors (Lipinski definition) is 6. The molecule has 1 aliphatic carbocycles. The van der Waals surface area contributed by atoms with Crippen molar-refractivity contribution in [3.63, 3.8) is 0 Å². The van der Waals surface area contributed by atoms with Gasteiger partial charge in [0.05, 0.1) is 30.4 Å². The van der Waals surface area contributed by atoms with E-state index >= 15 is 0 Å². The zero-order valence-corrected chi connectivity index (χ0v) is 28.5. The molecule has 2 aliphatic heterocycles. The highest BCUT2D eigenvalue weighted by molar-refractivity contribution is 6.10. The summed E-state index contributed by atoms with van der Waals surface area (Å²) in [6.45, 7) is 1.99. The van der Waals surface area contributed by atoms with Crippen LogP contribution in [0.1, 0.15) is 65.5 Å². The minimum atomic E-state index is -4.61. The van der Waals surface area contributed by atoms with Crippen molar-refractivity contribution in [1.29, 1.82) is 0 Å². The van der Waals surface area contributed by atoms with Crippen LogP contribution in [0.3, 0.4) is 0 Å². The van der Waals surface area contributed by atoms with E-state index in [4.69, 9.17) is 4.74 Å². The zero-order chi connectivity index (χ0) is 36.8. The van der Waals surface area contributed by atoms with Gasteiger partial charge < -0.3 is 30.2 Å². The van der Waals surface area contributed by atoms with Gasteiger partial charge in [0, 0.05) is 23.5 Å². The number of phenols is 2. The number of anilines is 2. The smallest absolute Gasteiger partial charge is 0.418 e. The lowest BCUT2D eigenvalue weighted by molar-refractivity contribution is -0.137.